The third-order valence-electron chi connectivity index (χ3n) is 8.01. The molecule has 2 N–H and O–H groups in total. The van der Waals surface area contributed by atoms with E-state index in [9.17, 15) is 22.8 Å². The number of hydrogen-bond acceptors (Lipinski definition) is 8. The molecule has 1 atom stereocenters. The summed E-state index contributed by atoms with van der Waals surface area (Å²) >= 11 is 0. The molecule has 1 unspecified atom stereocenters. The van der Waals surface area contributed by atoms with Crippen LogP contribution >= 0.6 is 0 Å². The van der Waals surface area contributed by atoms with E-state index in [-0.39, 0.29) is 29.0 Å². The van der Waals surface area contributed by atoms with Gasteiger partial charge in [0.25, 0.3) is 5.91 Å². The topological polar surface area (TPSA) is 148 Å². The molecule has 0 bridgehead atoms. The number of carbonyl (C=O) groups is 2. The van der Waals surface area contributed by atoms with Gasteiger partial charge in [0.05, 0.1) is 23.4 Å². The van der Waals surface area contributed by atoms with Gasteiger partial charge < -0.3 is 19.7 Å². The highest BCUT2D eigenvalue weighted by atomic mass is 19.4. The van der Waals surface area contributed by atoms with Gasteiger partial charge in [0, 0.05) is 43.0 Å². The predicted octanol–water partition coefficient (Wildman–Crippen LogP) is 5.30. The molecule has 0 saturated carbocycles. The monoisotopic (exact) mass is 659 g/mol. The third kappa shape index (κ3) is 6.64. The van der Waals surface area contributed by atoms with E-state index in [0.29, 0.717) is 47.0 Å². The minimum Gasteiger partial charge on any atom is -0.344 e. The number of pyridine rings is 1. The van der Waals surface area contributed by atoms with E-state index in [1.807, 2.05) is 27.0 Å². The van der Waals surface area contributed by atoms with Gasteiger partial charge in [0.1, 0.15) is 11.3 Å². The summed E-state index contributed by atoms with van der Waals surface area (Å²) in [6.45, 7) is 7.85. The number of H-pyrrole nitrogens is 1. The Morgan fingerprint density at radius 1 is 1.15 bits per heavy atom. The molecule has 6 rings (SSSR count). The standard InChI is InChI=1S/C33H32F3N9O3/c1-5-7-25(46)44-13-6-8-22(18-44)45-17-21(16-39-45)27-40-26-23(11-12-37-28(26)41-27)19-9-10-20(24(14-19)33(34,35)36)15-38-29(47)30-42-31(43-48-30)32(2,3)4/h9-12,14,16-17,22H,6,8,13,15,18H2,1-4H3,(H,38,47)(H,37,40,41). The van der Waals surface area contributed by atoms with Crippen LogP contribution in [0.15, 0.2) is 47.4 Å². The third-order valence-corrected chi connectivity index (χ3v) is 8.01. The molecule has 1 aliphatic heterocycles. The molecule has 5 aromatic rings. The second-order valence-electron chi connectivity index (χ2n) is 12.5. The number of aromatic amines is 1. The Bertz CT molecular complexity index is 2060. The zero-order valence-corrected chi connectivity index (χ0v) is 26.6. The lowest BCUT2D eigenvalue weighted by atomic mass is 9.96. The van der Waals surface area contributed by atoms with Crippen LogP contribution in [0, 0.1) is 11.8 Å². The van der Waals surface area contributed by atoms with E-state index in [4.69, 9.17) is 9.51 Å². The summed E-state index contributed by atoms with van der Waals surface area (Å²) in [5.41, 5.74) is 0.625. The SMILES string of the molecule is CC#CC(=O)N1CCCC(n2cc(-c3nc4c(-c5ccc(CNC(=O)c6nc(C(C)(C)C)no6)c(C(F)(F)F)c5)ccnc4[nH]3)cn2)C1. The van der Waals surface area contributed by atoms with E-state index >= 15 is 0 Å². The molecule has 4 aromatic heterocycles. The second-order valence-corrected chi connectivity index (χ2v) is 12.5. The number of benzene rings is 1. The minimum absolute atomic E-state index is 0.0368. The Kier molecular flexibility index (Phi) is 8.50. The number of nitrogens with one attached hydrogen (secondary N) is 2. The summed E-state index contributed by atoms with van der Waals surface area (Å²) in [7, 11) is 0. The Morgan fingerprint density at radius 3 is 2.69 bits per heavy atom. The van der Waals surface area contributed by atoms with Crippen molar-refractivity contribution < 1.29 is 27.3 Å². The molecule has 2 amide bonds. The van der Waals surface area contributed by atoms with Crippen molar-refractivity contribution >= 4 is 23.0 Å². The van der Waals surface area contributed by atoms with E-state index in [1.54, 1.807) is 34.8 Å². The Balaban J connectivity index is 1.24. The first-order chi connectivity index (χ1) is 22.8. The molecule has 1 saturated heterocycles. The fraction of sp³-hybridized carbons (Fsp3) is 0.364. The number of nitrogens with zero attached hydrogens (tertiary/aromatic N) is 7. The maximum atomic E-state index is 14.3. The summed E-state index contributed by atoms with van der Waals surface area (Å²) in [4.78, 5) is 42.9. The number of rotatable bonds is 6. The molecule has 12 nitrogen and oxygen atoms in total. The number of hydrogen-bond donors (Lipinski definition) is 2. The van der Waals surface area contributed by atoms with Gasteiger partial charge in [-0.2, -0.15) is 23.3 Å². The second kappa shape index (κ2) is 12.6. The van der Waals surface area contributed by atoms with Crippen molar-refractivity contribution in [2.75, 3.05) is 13.1 Å². The number of aromatic nitrogens is 7. The van der Waals surface area contributed by atoms with Gasteiger partial charge in [-0.15, -0.1) is 0 Å². The highest BCUT2D eigenvalue weighted by molar-refractivity contribution is 5.93. The van der Waals surface area contributed by atoms with Crippen LogP contribution < -0.4 is 5.32 Å². The van der Waals surface area contributed by atoms with Crippen LogP contribution in [-0.4, -0.2) is 64.7 Å². The van der Waals surface area contributed by atoms with E-state index in [2.05, 4.69) is 42.4 Å². The van der Waals surface area contributed by atoms with Crippen molar-refractivity contribution in [2.24, 2.45) is 0 Å². The number of likely N-dealkylation sites (tertiary alicyclic amines) is 1. The number of amides is 2. The summed E-state index contributed by atoms with van der Waals surface area (Å²) < 4.78 is 49.7. The van der Waals surface area contributed by atoms with E-state index < -0.39 is 29.6 Å². The Hall–Kier alpha value is -5.52. The van der Waals surface area contributed by atoms with Crippen molar-refractivity contribution in [3.8, 4) is 34.4 Å². The number of imidazole rings is 1. The Morgan fingerprint density at radius 2 is 1.96 bits per heavy atom. The lowest BCUT2D eigenvalue weighted by Gasteiger charge is -2.31. The molecule has 0 aliphatic carbocycles. The number of halogens is 3. The molecule has 1 aromatic carbocycles. The molecule has 48 heavy (non-hydrogen) atoms. The number of piperidine rings is 1. The molecule has 0 radical (unpaired) electrons. The van der Waals surface area contributed by atoms with Gasteiger partial charge in [0.2, 0.25) is 0 Å². The van der Waals surface area contributed by atoms with Crippen molar-refractivity contribution in [1.29, 1.82) is 0 Å². The molecule has 5 heterocycles. The first kappa shape index (κ1) is 32.4. The lowest BCUT2D eigenvalue weighted by molar-refractivity contribution is -0.138. The normalized spacial score (nSPS) is 15.3. The number of alkyl halides is 3. The highest BCUT2D eigenvalue weighted by Crippen LogP contribution is 2.37. The van der Waals surface area contributed by atoms with E-state index in [1.165, 1.54) is 12.3 Å². The molecule has 248 valence electrons. The summed E-state index contributed by atoms with van der Waals surface area (Å²) in [5.74, 6) is 4.66. The van der Waals surface area contributed by atoms with Crippen LogP contribution in [0.3, 0.4) is 0 Å². The minimum atomic E-state index is -4.71. The summed E-state index contributed by atoms with van der Waals surface area (Å²) in [6.07, 6.45) is 1.91. The molecule has 15 heteroatoms. The van der Waals surface area contributed by atoms with Gasteiger partial charge in [0.15, 0.2) is 11.5 Å². The first-order valence-corrected chi connectivity index (χ1v) is 15.3. The predicted molar refractivity (Wildman–Crippen MR) is 168 cm³/mol. The zero-order valence-electron chi connectivity index (χ0n) is 26.6. The molecular formula is C33H32F3N9O3. The van der Waals surface area contributed by atoms with Crippen molar-refractivity contribution in [2.45, 2.75) is 64.7 Å². The van der Waals surface area contributed by atoms with Crippen LogP contribution in [0.2, 0.25) is 0 Å². The first-order valence-electron chi connectivity index (χ1n) is 15.3. The quantitative estimate of drug-likeness (QED) is 0.233. The van der Waals surface area contributed by atoms with Gasteiger partial charge in [-0.25, -0.2) is 9.97 Å². The lowest BCUT2D eigenvalue weighted by Crippen LogP contribution is -2.40. The number of fused-ring (bicyclic) bond motifs is 1. The van der Waals surface area contributed by atoms with Gasteiger partial charge in [-0.05, 0) is 48.9 Å². The molecular weight excluding hydrogens is 627 g/mol. The molecule has 1 aliphatic rings. The summed E-state index contributed by atoms with van der Waals surface area (Å²) in [6, 6.07) is 5.46. The fourth-order valence-corrected chi connectivity index (χ4v) is 5.51. The Labute approximate surface area is 273 Å². The van der Waals surface area contributed by atoms with Crippen molar-refractivity contribution in [3.63, 3.8) is 0 Å². The molecule has 0 spiro atoms. The van der Waals surface area contributed by atoms with Crippen LogP contribution in [0.1, 0.15) is 74.2 Å². The van der Waals surface area contributed by atoms with Crippen LogP contribution in [0.4, 0.5) is 13.2 Å². The zero-order chi connectivity index (χ0) is 34.2. The van der Waals surface area contributed by atoms with Gasteiger partial charge in [-0.1, -0.05) is 44.0 Å². The summed E-state index contributed by atoms with van der Waals surface area (Å²) in [5, 5.41) is 10.7. The van der Waals surface area contributed by atoms with Crippen molar-refractivity contribution in [3.05, 3.63) is 65.7 Å². The van der Waals surface area contributed by atoms with Crippen LogP contribution in [-0.2, 0) is 22.9 Å². The molecule has 1 fully saturated rings. The van der Waals surface area contributed by atoms with Gasteiger partial charge in [-0.3, -0.25) is 14.3 Å². The van der Waals surface area contributed by atoms with Crippen LogP contribution in [0.25, 0.3) is 33.7 Å². The highest BCUT2D eigenvalue weighted by Gasteiger charge is 2.34. The fourth-order valence-electron chi connectivity index (χ4n) is 5.51. The largest absolute Gasteiger partial charge is 0.416 e. The maximum Gasteiger partial charge on any atom is 0.416 e. The maximum absolute atomic E-state index is 14.3. The van der Waals surface area contributed by atoms with E-state index in [0.717, 1.165) is 18.9 Å². The van der Waals surface area contributed by atoms with Crippen molar-refractivity contribution in [1.82, 2.24) is 45.1 Å². The van der Waals surface area contributed by atoms with Crippen LogP contribution in [0.5, 0.6) is 0 Å². The number of carbonyl (C=O) groups excluding carboxylic acids is 2. The average Bonchev–Trinajstić information content (AvgIpc) is 3.83. The average molecular weight is 660 g/mol. The van der Waals surface area contributed by atoms with Gasteiger partial charge >= 0.3 is 18.0 Å². The smallest absolute Gasteiger partial charge is 0.344 e.